The summed E-state index contributed by atoms with van der Waals surface area (Å²) in [6.07, 6.45) is 1.47. The number of nitrogens with zero attached hydrogens (tertiary/aromatic N) is 2. The third-order valence-corrected chi connectivity index (χ3v) is 8.00. The van der Waals surface area contributed by atoms with Crippen molar-refractivity contribution < 1.29 is 36.6 Å². The summed E-state index contributed by atoms with van der Waals surface area (Å²) in [6.45, 7) is 4.04. The van der Waals surface area contributed by atoms with E-state index in [0.717, 1.165) is 39.9 Å². The fraction of sp³-hybridized carbons (Fsp3) is 0.185. The van der Waals surface area contributed by atoms with Crippen LogP contribution in [0.2, 0.25) is 0 Å². The van der Waals surface area contributed by atoms with Crippen molar-refractivity contribution in [2.24, 2.45) is 0 Å². The maximum atomic E-state index is 12.9. The summed E-state index contributed by atoms with van der Waals surface area (Å²) in [5.41, 5.74) is 1.77. The van der Waals surface area contributed by atoms with Crippen LogP contribution in [0.3, 0.4) is 0 Å². The molecule has 1 heterocycles. The van der Waals surface area contributed by atoms with E-state index in [0.29, 0.717) is 11.3 Å². The number of nitro benzene ring substituents is 1. The van der Waals surface area contributed by atoms with Gasteiger partial charge in [-0.25, -0.2) is 0 Å². The predicted octanol–water partition coefficient (Wildman–Crippen LogP) is 5.10. The Kier molecular flexibility index (Phi) is 8.45. The van der Waals surface area contributed by atoms with Gasteiger partial charge in [-0.15, -0.1) is 0 Å². The molecule has 3 aromatic rings. The molecular formula is C27H24N2O9S2. The Morgan fingerprint density at radius 1 is 1.00 bits per heavy atom. The zero-order valence-electron chi connectivity index (χ0n) is 21.7. The van der Waals surface area contributed by atoms with Crippen LogP contribution in [0.15, 0.2) is 70.5 Å². The van der Waals surface area contributed by atoms with E-state index >= 15 is 0 Å². The van der Waals surface area contributed by atoms with Gasteiger partial charge < -0.3 is 13.7 Å². The molecule has 0 aromatic heterocycles. The quantitative estimate of drug-likeness (QED) is 0.137. The highest BCUT2D eigenvalue weighted by atomic mass is 32.2. The van der Waals surface area contributed by atoms with E-state index in [1.165, 1.54) is 43.5 Å². The average molecular weight is 585 g/mol. The minimum Gasteiger partial charge on any atom is -0.493 e. The molecule has 40 heavy (non-hydrogen) atoms. The van der Waals surface area contributed by atoms with E-state index in [1.54, 1.807) is 0 Å². The van der Waals surface area contributed by atoms with Gasteiger partial charge in [0.15, 0.2) is 16.4 Å². The Morgan fingerprint density at radius 3 is 2.48 bits per heavy atom. The summed E-state index contributed by atoms with van der Waals surface area (Å²) in [5, 5.41) is 10.8. The molecule has 1 aliphatic rings. The molecule has 0 saturated carbocycles. The number of benzene rings is 3. The van der Waals surface area contributed by atoms with Crippen molar-refractivity contribution >= 4 is 44.8 Å². The minimum atomic E-state index is -4.57. The van der Waals surface area contributed by atoms with Crippen LogP contribution in [0.1, 0.15) is 16.7 Å². The van der Waals surface area contributed by atoms with Crippen LogP contribution in [-0.4, -0.2) is 49.6 Å². The van der Waals surface area contributed by atoms with E-state index in [1.807, 2.05) is 32.0 Å². The molecule has 208 valence electrons. The van der Waals surface area contributed by atoms with Crippen molar-refractivity contribution in [1.82, 2.24) is 4.90 Å². The first-order chi connectivity index (χ1) is 19.0. The predicted molar refractivity (Wildman–Crippen MR) is 148 cm³/mol. The van der Waals surface area contributed by atoms with Crippen molar-refractivity contribution in [3.05, 3.63) is 92.4 Å². The molecule has 13 heteroatoms. The topological polar surface area (TPSA) is 142 Å². The van der Waals surface area contributed by atoms with Crippen LogP contribution in [-0.2, 0) is 14.9 Å². The molecule has 0 atom stereocenters. The van der Waals surface area contributed by atoms with E-state index in [4.69, 9.17) is 13.7 Å². The van der Waals surface area contributed by atoms with Gasteiger partial charge in [0.2, 0.25) is 0 Å². The number of para-hydroxylation sites is 1. The van der Waals surface area contributed by atoms with Crippen molar-refractivity contribution in [2.75, 3.05) is 20.3 Å². The zero-order chi connectivity index (χ0) is 29.0. The number of imide groups is 1. The summed E-state index contributed by atoms with van der Waals surface area (Å²) in [4.78, 5) is 36.5. The highest BCUT2D eigenvalue weighted by Gasteiger charge is 2.35. The molecule has 4 rings (SSSR count). The number of hydrogen-bond donors (Lipinski definition) is 0. The second-order valence-corrected chi connectivity index (χ2v) is 11.1. The lowest BCUT2D eigenvalue weighted by molar-refractivity contribution is -0.387. The second kappa shape index (κ2) is 11.8. The van der Waals surface area contributed by atoms with Gasteiger partial charge in [-0.3, -0.25) is 24.6 Å². The highest BCUT2D eigenvalue weighted by molar-refractivity contribution is 8.18. The van der Waals surface area contributed by atoms with Gasteiger partial charge >= 0.3 is 10.1 Å². The lowest BCUT2D eigenvalue weighted by Gasteiger charge is -2.14. The van der Waals surface area contributed by atoms with Crippen molar-refractivity contribution in [3.8, 4) is 17.2 Å². The number of carbonyl (C=O) groups excluding carboxylic acids is 2. The lowest BCUT2D eigenvalue weighted by atomic mass is 10.1. The normalized spacial score (nSPS) is 14.5. The number of nitro groups is 1. The minimum absolute atomic E-state index is 0.00272. The van der Waals surface area contributed by atoms with Gasteiger partial charge in [0.25, 0.3) is 16.8 Å². The SMILES string of the molecule is COc1cc(/C=C2\SC(=O)N(CCOc3cc(C)ccc3C)C2=O)ccc1OS(=O)(=O)c1ccccc1[N+](=O)[O-]. The van der Waals surface area contributed by atoms with Gasteiger partial charge in [-0.1, -0.05) is 30.3 Å². The lowest BCUT2D eigenvalue weighted by Crippen LogP contribution is -2.32. The Labute approximate surface area is 234 Å². The number of methoxy groups -OCH3 is 1. The molecule has 1 aliphatic heterocycles. The Bertz CT molecular complexity index is 1630. The van der Waals surface area contributed by atoms with Gasteiger partial charge in [0.05, 0.1) is 23.5 Å². The maximum absolute atomic E-state index is 12.9. The van der Waals surface area contributed by atoms with Crippen LogP contribution < -0.4 is 13.7 Å². The molecule has 0 N–H and O–H groups in total. The van der Waals surface area contributed by atoms with Crippen molar-refractivity contribution in [2.45, 2.75) is 18.7 Å². The Morgan fingerprint density at radius 2 is 1.75 bits per heavy atom. The summed E-state index contributed by atoms with van der Waals surface area (Å²) in [5.74, 6) is -0.0230. The third-order valence-electron chi connectivity index (χ3n) is 5.81. The largest absolute Gasteiger partial charge is 0.493 e. The summed E-state index contributed by atoms with van der Waals surface area (Å²) in [7, 11) is -3.29. The highest BCUT2D eigenvalue weighted by Crippen LogP contribution is 2.36. The van der Waals surface area contributed by atoms with E-state index < -0.39 is 36.8 Å². The summed E-state index contributed by atoms with van der Waals surface area (Å²) in [6, 6.07) is 14.8. The first-order valence-corrected chi connectivity index (χ1v) is 14.0. The fourth-order valence-electron chi connectivity index (χ4n) is 3.78. The maximum Gasteiger partial charge on any atom is 0.346 e. The molecule has 11 nitrogen and oxygen atoms in total. The summed E-state index contributed by atoms with van der Waals surface area (Å²) >= 11 is 0.769. The second-order valence-electron chi connectivity index (χ2n) is 8.62. The molecule has 0 aliphatic carbocycles. The number of amides is 2. The number of carbonyl (C=O) groups is 2. The van der Waals surface area contributed by atoms with Gasteiger partial charge in [-0.05, 0) is 72.6 Å². The Balaban J connectivity index is 1.49. The average Bonchev–Trinajstić information content (AvgIpc) is 3.18. The first-order valence-electron chi connectivity index (χ1n) is 11.8. The summed E-state index contributed by atoms with van der Waals surface area (Å²) < 4.78 is 41.8. The van der Waals surface area contributed by atoms with E-state index in [2.05, 4.69) is 0 Å². The van der Waals surface area contributed by atoms with Crippen molar-refractivity contribution in [3.63, 3.8) is 0 Å². The number of aryl methyl sites for hydroxylation is 2. The number of rotatable bonds is 10. The van der Waals surface area contributed by atoms with Gasteiger partial charge in [-0.2, -0.15) is 8.42 Å². The molecule has 1 fully saturated rings. The molecule has 0 spiro atoms. The van der Waals surface area contributed by atoms with Crippen LogP contribution >= 0.6 is 11.8 Å². The zero-order valence-corrected chi connectivity index (χ0v) is 23.3. The molecule has 3 aromatic carbocycles. The number of thioether (sulfide) groups is 1. The monoisotopic (exact) mass is 584 g/mol. The Hall–Kier alpha value is -4.36. The molecule has 0 radical (unpaired) electrons. The van der Waals surface area contributed by atoms with Gasteiger partial charge in [0.1, 0.15) is 12.4 Å². The van der Waals surface area contributed by atoms with Crippen LogP contribution in [0.25, 0.3) is 6.08 Å². The van der Waals surface area contributed by atoms with Crippen LogP contribution in [0.5, 0.6) is 17.2 Å². The van der Waals surface area contributed by atoms with Crippen LogP contribution in [0, 0.1) is 24.0 Å². The molecule has 1 saturated heterocycles. The first kappa shape index (κ1) is 28.6. The van der Waals surface area contributed by atoms with Crippen molar-refractivity contribution in [1.29, 1.82) is 0 Å². The van der Waals surface area contributed by atoms with Crippen LogP contribution in [0.4, 0.5) is 10.5 Å². The van der Waals surface area contributed by atoms with Gasteiger partial charge in [0, 0.05) is 6.07 Å². The number of ether oxygens (including phenoxy) is 2. The van der Waals surface area contributed by atoms with E-state index in [-0.39, 0.29) is 29.6 Å². The standard InChI is InChI=1S/C27H24N2O9S2/c1-17-8-9-18(2)22(14-17)37-13-12-28-26(30)24(39-27(28)31)16-19-10-11-21(23(15-19)36-3)38-40(34,35)25-7-5-4-6-20(25)29(32)33/h4-11,14-16H,12-13H2,1-3H3/b24-16-. The molecule has 0 bridgehead atoms. The fourth-order valence-corrected chi connectivity index (χ4v) is 5.75. The van der Waals surface area contributed by atoms with E-state index in [9.17, 15) is 28.1 Å². The number of hydrogen-bond acceptors (Lipinski definition) is 10. The molecule has 0 unspecified atom stereocenters. The molecule has 2 amide bonds. The third kappa shape index (κ3) is 6.26. The molecular weight excluding hydrogens is 560 g/mol. The smallest absolute Gasteiger partial charge is 0.346 e.